The number of nitrogens with one attached hydrogen (secondary N) is 1. The summed E-state index contributed by atoms with van der Waals surface area (Å²) in [6, 6.07) is -0.902. The van der Waals surface area contributed by atoms with Crippen molar-refractivity contribution in [1.82, 2.24) is 10.2 Å². The van der Waals surface area contributed by atoms with Crippen LogP contribution in [-0.2, 0) is 19.1 Å². The molecule has 7 heteroatoms. The first-order valence-electron chi connectivity index (χ1n) is 7.15. The maximum absolute atomic E-state index is 12.1. The minimum absolute atomic E-state index is 0.0945. The SMILES string of the molecule is COCCN1CC(C(=O)N[C@H](CC(C)C)C(=O)O)CC1=O. The van der Waals surface area contributed by atoms with E-state index >= 15 is 0 Å². The third-order valence-electron chi connectivity index (χ3n) is 3.47. The maximum atomic E-state index is 12.1. The number of carbonyl (C=O) groups is 3. The van der Waals surface area contributed by atoms with E-state index in [1.54, 1.807) is 12.0 Å². The Hall–Kier alpha value is -1.63. The molecule has 120 valence electrons. The van der Waals surface area contributed by atoms with Crippen LogP contribution in [-0.4, -0.2) is 60.6 Å². The average molecular weight is 300 g/mol. The molecule has 1 saturated heterocycles. The van der Waals surface area contributed by atoms with Gasteiger partial charge in [-0.15, -0.1) is 0 Å². The smallest absolute Gasteiger partial charge is 0.326 e. The zero-order valence-corrected chi connectivity index (χ0v) is 12.8. The van der Waals surface area contributed by atoms with Gasteiger partial charge in [0.25, 0.3) is 0 Å². The molecule has 1 rings (SSSR count). The zero-order valence-electron chi connectivity index (χ0n) is 12.8. The van der Waals surface area contributed by atoms with Crippen molar-refractivity contribution < 1.29 is 24.2 Å². The second-order valence-corrected chi connectivity index (χ2v) is 5.76. The van der Waals surface area contributed by atoms with E-state index in [1.165, 1.54) is 0 Å². The van der Waals surface area contributed by atoms with Gasteiger partial charge in [0, 0.05) is 26.6 Å². The van der Waals surface area contributed by atoms with Crippen molar-refractivity contribution in [2.45, 2.75) is 32.7 Å². The summed E-state index contributed by atoms with van der Waals surface area (Å²) in [6.45, 7) is 4.99. The Morgan fingerprint density at radius 3 is 2.67 bits per heavy atom. The number of nitrogens with zero attached hydrogens (tertiary/aromatic N) is 1. The second-order valence-electron chi connectivity index (χ2n) is 5.76. The predicted octanol–water partition coefficient (Wildman–Crippen LogP) is 0.0968. The molecule has 0 saturated carbocycles. The van der Waals surface area contributed by atoms with E-state index < -0.39 is 17.9 Å². The van der Waals surface area contributed by atoms with E-state index in [0.29, 0.717) is 26.1 Å². The lowest BCUT2D eigenvalue weighted by Gasteiger charge is -2.19. The minimum atomic E-state index is -1.04. The number of carbonyl (C=O) groups excluding carboxylic acids is 2. The number of likely N-dealkylation sites (tertiary alicyclic amines) is 1. The molecule has 2 N–H and O–H groups in total. The van der Waals surface area contributed by atoms with Crippen LogP contribution in [0.15, 0.2) is 0 Å². The molecular weight excluding hydrogens is 276 g/mol. The summed E-state index contributed by atoms with van der Waals surface area (Å²) in [6.07, 6.45) is 0.499. The molecule has 2 atom stereocenters. The van der Waals surface area contributed by atoms with Crippen molar-refractivity contribution >= 4 is 17.8 Å². The highest BCUT2D eigenvalue weighted by atomic mass is 16.5. The summed E-state index contributed by atoms with van der Waals surface area (Å²) in [5, 5.41) is 11.7. The van der Waals surface area contributed by atoms with Gasteiger partial charge < -0.3 is 20.1 Å². The number of carboxylic acids is 1. The summed E-state index contributed by atoms with van der Waals surface area (Å²) in [5.41, 5.74) is 0. The Morgan fingerprint density at radius 1 is 1.48 bits per heavy atom. The molecule has 0 aromatic carbocycles. The Morgan fingerprint density at radius 2 is 2.14 bits per heavy atom. The van der Waals surface area contributed by atoms with Gasteiger partial charge in [-0.05, 0) is 12.3 Å². The molecule has 21 heavy (non-hydrogen) atoms. The van der Waals surface area contributed by atoms with Crippen LogP contribution in [0.2, 0.25) is 0 Å². The lowest BCUT2D eigenvalue weighted by Crippen LogP contribution is -2.45. The molecule has 0 aromatic rings. The first kappa shape index (κ1) is 17.4. The summed E-state index contributed by atoms with van der Waals surface area (Å²) < 4.78 is 4.92. The van der Waals surface area contributed by atoms with Crippen LogP contribution in [0.5, 0.6) is 0 Å². The molecule has 0 spiro atoms. The van der Waals surface area contributed by atoms with E-state index in [0.717, 1.165) is 0 Å². The maximum Gasteiger partial charge on any atom is 0.326 e. The number of ether oxygens (including phenoxy) is 1. The summed E-state index contributed by atoms with van der Waals surface area (Å²) in [7, 11) is 1.55. The molecule has 2 amide bonds. The number of aliphatic carboxylic acids is 1. The Kier molecular flexibility index (Phi) is 6.61. The highest BCUT2D eigenvalue weighted by Gasteiger charge is 2.35. The van der Waals surface area contributed by atoms with E-state index in [4.69, 9.17) is 9.84 Å². The van der Waals surface area contributed by atoms with Gasteiger partial charge in [0.1, 0.15) is 6.04 Å². The van der Waals surface area contributed by atoms with Crippen LogP contribution < -0.4 is 5.32 Å². The normalized spacial score (nSPS) is 19.9. The van der Waals surface area contributed by atoms with E-state index in [2.05, 4.69) is 5.32 Å². The van der Waals surface area contributed by atoms with Gasteiger partial charge in [-0.1, -0.05) is 13.8 Å². The van der Waals surface area contributed by atoms with Gasteiger partial charge in [0.05, 0.1) is 12.5 Å². The first-order valence-corrected chi connectivity index (χ1v) is 7.15. The van der Waals surface area contributed by atoms with Crippen molar-refractivity contribution in [2.75, 3.05) is 26.8 Å². The molecule has 0 radical (unpaired) electrons. The van der Waals surface area contributed by atoms with E-state index in [1.807, 2.05) is 13.8 Å². The van der Waals surface area contributed by atoms with Crippen molar-refractivity contribution in [3.05, 3.63) is 0 Å². The lowest BCUT2D eigenvalue weighted by atomic mass is 10.0. The fourth-order valence-corrected chi connectivity index (χ4v) is 2.35. The largest absolute Gasteiger partial charge is 0.480 e. The number of carboxylic acid groups (broad SMARTS) is 1. The van der Waals surface area contributed by atoms with Crippen LogP contribution in [0.4, 0.5) is 0 Å². The topological polar surface area (TPSA) is 95.9 Å². The third kappa shape index (κ3) is 5.34. The number of hydrogen-bond acceptors (Lipinski definition) is 4. The number of methoxy groups -OCH3 is 1. The molecule has 0 bridgehead atoms. The quantitative estimate of drug-likeness (QED) is 0.662. The predicted molar refractivity (Wildman–Crippen MR) is 75.6 cm³/mol. The Labute approximate surface area is 124 Å². The van der Waals surface area contributed by atoms with Crippen LogP contribution >= 0.6 is 0 Å². The van der Waals surface area contributed by atoms with Crippen molar-refractivity contribution in [3.63, 3.8) is 0 Å². The highest BCUT2D eigenvalue weighted by Crippen LogP contribution is 2.18. The standard InChI is InChI=1S/C14H24N2O5/c1-9(2)6-11(14(19)20)15-13(18)10-7-12(17)16(8-10)4-5-21-3/h9-11H,4-8H2,1-3H3,(H,15,18)(H,19,20)/t10?,11-/m1/s1. The molecular formula is C14H24N2O5. The minimum Gasteiger partial charge on any atom is -0.480 e. The first-order chi connectivity index (χ1) is 9.85. The molecule has 0 aliphatic carbocycles. The van der Waals surface area contributed by atoms with E-state index in [-0.39, 0.29) is 24.2 Å². The van der Waals surface area contributed by atoms with Crippen molar-refractivity contribution in [3.8, 4) is 0 Å². The molecule has 7 nitrogen and oxygen atoms in total. The highest BCUT2D eigenvalue weighted by molar-refractivity contribution is 5.91. The molecule has 1 aliphatic heterocycles. The second kappa shape index (κ2) is 7.97. The van der Waals surface area contributed by atoms with Gasteiger partial charge in [-0.3, -0.25) is 9.59 Å². The van der Waals surface area contributed by atoms with Gasteiger partial charge in [0.15, 0.2) is 0 Å². The summed E-state index contributed by atoms with van der Waals surface area (Å²) in [4.78, 5) is 36.6. The summed E-state index contributed by atoms with van der Waals surface area (Å²) in [5.74, 6) is -1.82. The lowest BCUT2D eigenvalue weighted by molar-refractivity contribution is -0.142. The van der Waals surface area contributed by atoms with Crippen LogP contribution in [0.1, 0.15) is 26.7 Å². The van der Waals surface area contributed by atoms with E-state index in [9.17, 15) is 14.4 Å². The zero-order chi connectivity index (χ0) is 16.0. The van der Waals surface area contributed by atoms with Crippen LogP contribution in [0.25, 0.3) is 0 Å². The fraction of sp³-hybridized carbons (Fsp3) is 0.786. The van der Waals surface area contributed by atoms with Crippen LogP contribution in [0, 0.1) is 11.8 Å². The number of amides is 2. The van der Waals surface area contributed by atoms with Gasteiger partial charge in [-0.2, -0.15) is 0 Å². The third-order valence-corrected chi connectivity index (χ3v) is 3.47. The molecule has 1 unspecified atom stereocenters. The molecule has 1 aliphatic rings. The fourth-order valence-electron chi connectivity index (χ4n) is 2.35. The van der Waals surface area contributed by atoms with Crippen molar-refractivity contribution in [2.24, 2.45) is 11.8 Å². The van der Waals surface area contributed by atoms with Gasteiger partial charge >= 0.3 is 5.97 Å². The summed E-state index contributed by atoms with van der Waals surface area (Å²) >= 11 is 0. The molecule has 1 heterocycles. The van der Waals surface area contributed by atoms with Gasteiger partial charge in [0.2, 0.25) is 11.8 Å². The average Bonchev–Trinajstić information content (AvgIpc) is 2.76. The Bertz CT molecular complexity index is 397. The Balaban J connectivity index is 2.55. The monoisotopic (exact) mass is 300 g/mol. The number of hydrogen-bond donors (Lipinski definition) is 2. The van der Waals surface area contributed by atoms with Gasteiger partial charge in [-0.25, -0.2) is 4.79 Å². The number of rotatable bonds is 8. The molecule has 0 aromatic heterocycles. The molecule has 1 fully saturated rings. The van der Waals surface area contributed by atoms with Crippen molar-refractivity contribution in [1.29, 1.82) is 0 Å². The van der Waals surface area contributed by atoms with Crippen LogP contribution in [0.3, 0.4) is 0 Å².